The minimum absolute atomic E-state index is 0.0184. The fourth-order valence-corrected chi connectivity index (χ4v) is 4.94. The summed E-state index contributed by atoms with van der Waals surface area (Å²) >= 11 is 1.23. The normalized spacial score (nSPS) is 11.3. The Kier molecular flexibility index (Phi) is 10.3. The number of methoxy groups -OCH3 is 3. The van der Waals surface area contributed by atoms with E-state index in [0.29, 0.717) is 16.5 Å². The van der Waals surface area contributed by atoms with Gasteiger partial charge in [0.2, 0.25) is 5.75 Å². The largest absolute Gasteiger partial charge is 0.497 e. The molecule has 12 heteroatoms. The van der Waals surface area contributed by atoms with E-state index in [2.05, 4.69) is 53.6 Å². The zero-order chi connectivity index (χ0) is 31.9. The SMILES string of the molecule is COc1ccc(-n2c(SCC(=O)N/N=C/c3cc(OC)c(OC(C)=O)c(OC)c3)nnc2-c2ccc(C(C)(C)C)cc2)cc1. The number of carbonyl (C=O) groups is 2. The van der Waals surface area contributed by atoms with Gasteiger partial charge < -0.3 is 18.9 Å². The summed E-state index contributed by atoms with van der Waals surface area (Å²) in [4.78, 5) is 24.2. The van der Waals surface area contributed by atoms with Crippen molar-refractivity contribution in [2.75, 3.05) is 27.1 Å². The van der Waals surface area contributed by atoms with Gasteiger partial charge in [0.25, 0.3) is 5.91 Å². The maximum Gasteiger partial charge on any atom is 0.308 e. The zero-order valence-electron chi connectivity index (χ0n) is 25.7. The standard InChI is InChI=1S/C32H35N5O6S/c1-20(38)43-29-26(41-6)16-21(17-27(29)42-7)18-33-34-28(39)19-44-31-36-35-30(22-8-10-23(11-9-22)32(2,3)4)37(31)24-12-14-25(40-5)15-13-24/h8-18H,19H2,1-7H3,(H,34,39)/b33-18+. The fourth-order valence-electron chi connectivity index (χ4n) is 4.19. The van der Waals surface area contributed by atoms with E-state index >= 15 is 0 Å². The van der Waals surface area contributed by atoms with Crippen LogP contribution in [0.2, 0.25) is 0 Å². The van der Waals surface area contributed by atoms with E-state index in [0.717, 1.165) is 17.0 Å². The molecule has 0 bridgehead atoms. The summed E-state index contributed by atoms with van der Waals surface area (Å²) in [7, 11) is 4.50. The van der Waals surface area contributed by atoms with Gasteiger partial charge in [0.1, 0.15) is 5.75 Å². The molecule has 0 aliphatic rings. The average Bonchev–Trinajstić information content (AvgIpc) is 3.43. The van der Waals surface area contributed by atoms with Crippen LogP contribution in [0.5, 0.6) is 23.0 Å². The van der Waals surface area contributed by atoms with E-state index in [1.165, 1.54) is 44.7 Å². The van der Waals surface area contributed by atoms with Gasteiger partial charge in [-0.05, 0) is 47.4 Å². The highest BCUT2D eigenvalue weighted by Crippen LogP contribution is 2.38. The first-order valence-electron chi connectivity index (χ1n) is 13.6. The summed E-state index contributed by atoms with van der Waals surface area (Å²) < 4.78 is 23.1. The second-order valence-corrected chi connectivity index (χ2v) is 11.5. The molecule has 1 heterocycles. The average molecular weight is 618 g/mol. The summed E-state index contributed by atoms with van der Waals surface area (Å²) in [6.45, 7) is 7.79. The predicted molar refractivity (Wildman–Crippen MR) is 169 cm³/mol. The first kappa shape index (κ1) is 32.1. The van der Waals surface area contributed by atoms with Gasteiger partial charge in [0.05, 0.1) is 33.3 Å². The van der Waals surface area contributed by atoms with Crippen molar-refractivity contribution in [2.45, 2.75) is 38.3 Å². The number of amides is 1. The predicted octanol–water partition coefficient (Wildman–Crippen LogP) is 5.43. The third-order valence-corrected chi connectivity index (χ3v) is 7.37. The summed E-state index contributed by atoms with van der Waals surface area (Å²) in [6.07, 6.45) is 1.43. The molecular weight excluding hydrogens is 582 g/mol. The van der Waals surface area contributed by atoms with E-state index in [4.69, 9.17) is 18.9 Å². The number of aromatic nitrogens is 3. The molecule has 0 atom stereocenters. The maximum absolute atomic E-state index is 12.7. The van der Waals surface area contributed by atoms with Crippen LogP contribution in [0.15, 0.2) is 70.9 Å². The summed E-state index contributed by atoms with van der Waals surface area (Å²) in [5.74, 6) is 1.27. The van der Waals surface area contributed by atoms with Crippen molar-refractivity contribution in [2.24, 2.45) is 5.10 Å². The molecule has 4 aromatic rings. The van der Waals surface area contributed by atoms with Gasteiger partial charge >= 0.3 is 5.97 Å². The molecule has 3 aromatic carbocycles. The lowest BCUT2D eigenvalue weighted by Gasteiger charge is -2.19. The first-order chi connectivity index (χ1) is 21.0. The third-order valence-electron chi connectivity index (χ3n) is 6.44. The molecule has 0 unspecified atom stereocenters. The van der Waals surface area contributed by atoms with Crippen LogP contribution in [-0.2, 0) is 15.0 Å². The Labute approximate surface area is 260 Å². The molecule has 0 saturated carbocycles. The maximum atomic E-state index is 12.7. The lowest BCUT2D eigenvalue weighted by atomic mass is 9.87. The van der Waals surface area contributed by atoms with E-state index in [1.807, 2.05) is 41.0 Å². The number of nitrogens with zero attached hydrogens (tertiary/aromatic N) is 4. The smallest absolute Gasteiger partial charge is 0.308 e. The molecule has 230 valence electrons. The van der Waals surface area contributed by atoms with Gasteiger partial charge in [-0.15, -0.1) is 10.2 Å². The Balaban J connectivity index is 1.52. The Morgan fingerprint density at radius 2 is 1.57 bits per heavy atom. The number of thioether (sulfide) groups is 1. The highest BCUT2D eigenvalue weighted by molar-refractivity contribution is 7.99. The van der Waals surface area contributed by atoms with Crippen LogP contribution in [0.1, 0.15) is 38.8 Å². The number of nitrogens with one attached hydrogen (secondary N) is 1. The molecule has 0 spiro atoms. The van der Waals surface area contributed by atoms with E-state index in [1.54, 1.807) is 19.2 Å². The van der Waals surface area contributed by atoms with Gasteiger partial charge in [0, 0.05) is 23.7 Å². The van der Waals surface area contributed by atoms with Gasteiger partial charge in [-0.25, -0.2) is 5.43 Å². The molecule has 1 amide bonds. The van der Waals surface area contributed by atoms with Gasteiger partial charge in [-0.3, -0.25) is 14.2 Å². The van der Waals surface area contributed by atoms with Crippen molar-refractivity contribution in [3.63, 3.8) is 0 Å². The Hall–Kier alpha value is -4.84. The molecule has 0 fully saturated rings. The van der Waals surface area contributed by atoms with E-state index in [-0.39, 0.29) is 34.3 Å². The Bertz CT molecular complexity index is 1620. The first-order valence-corrected chi connectivity index (χ1v) is 14.6. The lowest BCUT2D eigenvalue weighted by Crippen LogP contribution is -2.20. The quantitative estimate of drug-likeness (QED) is 0.0771. The van der Waals surface area contributed by atoms with E-state index in [9.17, 15) is 9.59 Å². The molecule has 11 nitrogen and oxygen atoms in total. The number of esters is 1. The van der Waals surface area contributed by atoms with E-state index < -0.39 is 5.97 Å². The molecule has 4 rings (SSSR count). The highest BCUT2D eigenvalue weighted by atomic mass is 32.2. The number of ether oxygens (including phenoxy) is 4. The van der Waals surface area contributed by atoms with Crippen molar-refractivity contribution < 1.29 is 28.5 Å². The zero-order valence-corrected chi connectivity index (χ0v) is 26.5. The Morgan fingerprint density at radius 3 is 2.11 bits per heavy atom. The number of hydrogen-bond acceptors (Lipinski definition) is 10. The topological polar surface area (TPSA) is 126 Å². The van der Waals surface area contributed by atoms with Crippen molar-refractivity contribution in [3.8, 4) is 40.1 Å². The minimum atomic E-state index is -0.513. The number of hydrazone groups is 1. The fraction of sp³-hybridized carbons (Fsp3) is 0.281. The number of rotatable bonds is 11. The number of hydrogen-bond donors (Lipinski definition) is 1. The van der Waals surface area contributed by atoms with Crippen LogP contribution in [0, 0.1) is 0 Å². The van der Waals surface area contributed by atoms with Crippen LogP contribution < -0.4 is 24.4 Å². The highest BCUT2D eigenvalue weighted by Gasteiger charge is 2.20. The monoisotopic (exact) mass is 617 g/mol. The summed E-state index contributed by atoms with van der Waals surface area (Å²) in [5.41, 5.74) is 6.03. The molecule has 0 aliphatic carbocycles. The molecule has 1 N–H and O–H groups in total. The van der Waals surface area contributed by atoms with Gasteiger partial charge in [-0.2, -0.15) is 5.10 Å². The van der Waals surface area contributed by atoms with Crippen LogP contribution >= 0.6 is 11.8 Å². The molecular formula is C32H35N5O6S. The number of carbonyl (C=O) groups excluding carboxylic acids is 2. The third kappa shape index (κ3) is 7.75. The van der Waals surface area contributed by atoms with Crippen molar-refractivity contribution >= 4 is 29.9 Å². The van der Waals surface area contributed by atoms with Crippen LogP contribution in [-0.4, -0.2) is 59.9 Å². The minimum Gasteiger partial charge on any atom is -0.497 e. The second kappa shape index (κ2) is 14.1. The molecule has 44 heavy (non-hydrogen) atoms. The molecule has 0 saturated heterocycles. The molecule has 0 aliphatic heterocycles. The van der Waals surface area contributed by atoms with Gasteiger partial charge in [-0.1, -0.05) is 56.8 Å². The lowest BCUT2D eigenvalue weighted by molar-refractivity contribution is -0.132. The molecule has 0 radical (unpaired) electrons. The second-order valence-electron chi connectivity index (χ2n) is 10.6. The summed E-state index contributed by atoms with van der Waals surface area (Å²) in [6, 6.07) is 19.0. The van der Waals surface area contributed by atoms with Gasteiger partial charge in [0.15, 0.2) is 22.5 Å². The Morgan fingerprint density at radius 1 is 0.932 bits per heavy atom. The van der Waals surface area contributed by atoms with Crippen molar-refractivity contribution in [1.82, 2.24) is 20.2 Å². The molecule has 1 aromatic heterocycles. The summed E-state index contributed by atoms with van der Waals surface area (Å²) in [5, 5.41) is 13.5. The van der Waals surface area contributed by atoms with Crippen LogP contribution in [0.4, 0.5) is 0 Å². The van der Waals surface area contributed by atoms with Crippen molar-refractivity contribution in [3.05, 3.63) is 71.8 Å². The van der Waals surface area contributed by atoms with Crippen LogP contribution in [0.3, 0.4) is 0 Å². The van der Waals surface area contributed by atoms with Crippen LogP contribution in [0.25, 0.3) is 17.1 Å². The van der Waals surface area contributed by atoms with Crippen molar-refractivity contribution in [1.29, 1.82) is 0 Å². The number of benzene rings is 3.